The average molecular weight is 330 g/mol. The number of aliphatic hydroxyl groups excluding tert-OH is 1. The number of nitrogens with one attached hydrogen (secondary N) is 1. The highest BCUT2D eigenvalue weighted by molar-refractivity contribution is 6.05. The van der Waals surface area contributed by atoms with E-state index in [-0.39, 0.29) is 30.0 Å². The predicted molar refractivity (Wildman–Crippen MR) is 92.9 cm³/mol. The van der Waals surface area contributed by atoms with E-state index in [1.165, 1.54) is 0 Å². The van der Waals surface area contributed by atoms with Crippen LogP contribution in [0.5, 0.6) is 0 Å². The number of nitrogens with zero attached hydrogens (tertiary/aromatic N) is 3. The molecule has 2 unspecified atom stereocenters. The number of aryl methyl sites for hydroxylation is 1. The van der Waals surface area contributed by atoms with Crippen LogP contribution in [0.4, 0.5) is 0 Å². The standard InChI is InChI=1S/C18H26N4O2/c1-11(2)22-16-14(9-19-22)13(8-12(3)20-16)17(24)21-15-6-5-7-18(15,4)10-23/h8-9,11,15,23H,5-7,10H2,1-4H3,(H,21,24). The number of carbonyl (C=O) groups is 1. The van der Waals surface area contributed by atoms with E-state index in [2.05, 4.69) is 15.4 Å². The lowest BCUT2D eigenvalue weighted by atomic mass is 9.85. The number of carbonyl (C=O) groups excluding carboxylic acids is 1. The van der Waals surface area contributed by atoms with Crippen molar-refractivity contribution in [2.75, 3.05) is 6.61 Å². The second-order valence-corrected chi connectivity index (χ2v) is 7.46. The Bertz CT molecular complexity index is 768. The molecule has 0 aliphatic heterocycles. The number of hydrogen-bond acceptors (Lipinski definition) is 4. The van der Waals surface area contributed by atoms with Crippen molar-refractivity contribution < 1.29 is 9.90 Å². The SMILES string of the molecule is Cc1cc(C(=O)NC2CCCC2(C)CO)c2cnn(C(C)C)c2n1. The van der Waals surface area contributed by atoms with Gasteiger partial charge in [-0.2, -0.15) is 5.10 Å². The molecule has 1 amide bonds. The molecule has 2 N–H and O–H groups in total. The topological polar surface area (TPSA) is 80.0 Å². The quantitative estimate of drug-likeness (QED) is 0.903. The van der Waals surface area contributed by atoms with E-state index in [4.69, 9.17) is 0 Å². The Morgan fingerprint density at radius 1 is 1.54 bits per heavy atom. The van der Waals surface area contributed by atoms with Crippen LogP contribution in [-0.2, 0) is 0 Å². The molecule has 130 valence electrons. The van der Waals surface area contributed by atoms with Gasteiger partial charge in [0.05, 0.1) is 23.8 Å². The highest BCUT2D eigenvalue weighted by atomic mass is 16.3. The Labute approximate surface area is 142 Å². The van der Waals surface area contributed by atoms with Gasteiger partial charge in [-0.05, 0) is 39.7 Å². The number of aliphatic hydroxyl groups is 1. The first-order valence-electron chi connectivity index (χ1n) is 8.62. The molecule has 0 saturated heterocycles. The van der Waals surface area contributed by atoms with Gasteiger partial charge in [-0.1, -0.05) is 13.3 Å². The Kier molecular flexibility index (Phi) is 4.34. The molecule has 0 spiro atoms. The first-order chi connectivity index (χ1) is 11.4. The summed E-state index contributed by atoms with van der Waals surface area (Å²) < 4.78 is 1.84. The van der Waals surface area contributed by atoms with Crippen LogP contribution in [0.2, 0.25) is 0 Å². The minimum atomic E-state index is -0.237. The zero-order chi connectivity index (χ0) is 17.5. The molecule has 2 aromatic heterocycles. The van der Waals surface area contributed by atoms with Crippen molar-refractivity contribution in [2.45, 2.75) is 59.0 Å². The highest BCUT2D eigenvalue weighted by Crippen LogP contribution is 2.37. The van der Waals surface area contributed by atoms with Crippen LogP contribution in [0, 0.1) is 12.3 Å². The highest BCUT2D eigenvalue weighted by Gasteiger charge is 2.39. The van der Waals surface area contributed by atoms with Gasteiger partial charge in [-0.15, -0.1) is 0 Å². The summed E-state index contributed by atoms with van der Waals surface area (Å²) in [5.74, 6) is -0.111. The van der Waals surface area contributed by atoms with Gasteiger partial charge < -0.3 is 10.4 Å². The number of pyridine rings is 1. The fourth-order valence-electron chi connectivity index (χ4n) is 3.61. The van der Waals surface area contributed by atoms with Crippen LogP contribution in [-0.4, -0.2) is 38.4 Å². The van der Waals surface area contributed by atoms with Crippen molar-refractivity contribution >= 4 is 16.9 Å². The third kappa shape index (κ3) is 2.79. The van der Waals surface area contributed by atoms with Gasteiger partial charge in [0.15, 0.2) is 5.65 Å². The lowest BCUT2D eigenvalue weighted by Crippen LogP contribution is -2.44. The largest absolute Gasteiger partial charge is 0.396 e. The third-order valence-electron chi connectivity index (χ3n) is 5.18. The second kappa shape index (κ2) is 6.16. The lowest BCUT2D eigenvalue weighted by molar-refractivity contribution is 0.0832. The fourth-order valence-corrected chi connectivity index (χ4v) is 3.61. The summed E-state index contributed by atoms with van der Waals surface area (Å²) in [6, 6.07) is 1.99. The number of aromatic nitrogens is 3. The van der Waals surface area contributed by atoms with Gasteiger partial charge in [0, 0.05) is 23.2 Å². The van der Waals surface area contributed by atoms with E-state index in [9.17, 15) is 9.90 Å². The normalized spacial score (nSPS) is 24.0. The van der Waals surface area contributed by atoms with Gasteiger partial charge in [-0.25, -0.2) is 9.67 Å². The maximum Gasteiger partial charge on any atom is 0.252 e. The van der Waals surface area contributed by atoms with E-state index in [0.717, 1.165) is 36.0 Å². The molecule has 3 rings (SSSR count). The van der Waals surface area contributed by atoms with Crippen LogP contribution < -0.4 is 5.32 Å². The molecular weight excluding hydrogens is 304 g/mol. The molecule has 2 aromatic rings. The molecule has 6 heteroatoms. The van der Waals surface area contributed by atoms with Gasteiger partial charge in [0.1, 0.15) is 0 Å². The molecule has 0 bridgehead atoms. The van der Waals surface area contributed by atoms with Gasteiger partial charge >= 0.3 is 0 Å². The summed E-state index contributed by atoms with van der Waals surface area (Å²) in [6.07, 6.45) is 4.58. The molecule has 1 aliphatic rings. The molecule has 6 nitrogen and oxygen atoms in total. The minimum Gasteiger partial charge on any atom is -0.396 e. The Hall–Kier alpha value is -1.95. The summed E-state index contributed by atoms with van der Waals surface area (Å²) in [5, 5.41) is 18.0. The molecule has 0 radical (unpaired) electrons. The monoisotopic (exact) mass is 330 g/mol. The van der Waals surface area contributed by atoms with Crippen LogP contribution in [0.25, 0.3) is 11.0 Å². The fraction of sp³-hybridized carbons (Fsp3) is 0.611. The first kappa shape index (κ1) is 16.9. The van der Waals surface area contributed by atoms with Crippen molar-refractivity contribution in [2.24, 2.45) is 5.41 Å². The third-order valence-corrected chi connectivity index (χ3v) is 5.18. The molecular formula is C18H26N4O2. The smallest absolute Gasteiger partial charge is 0.252 e. The van der Waals surface area contributed by atoms with Crippen molar-refractivity contribution in [3.05, 3.63) is 23.5 Å². The Morgan fingerprint density at radius 3 is 2.96 bits per heavy atom. The number of fused-ring (bicyclic) bond motifs is 1. The molecule has 2 atom stereocenters. The van der Waals surface area contributed by atoms with Crippen molar-refractivity contribution in [3.8, 4) is 0 Å². The Balaban J connectivity index is 1.96. The minimum absolute atomic E-state index is 0.00124. The number of amides is 1. The second-order valence-electron chi connectivity index (χ2n) is 7.46. The molecule has 0 aromatic carbocycles. The maximum atomic E-state index is 12.9. The van der Waals surface area contributed by atoms with Crippen LogP contribution in [0.3, 0.4) is 0 Å². The van der Waals surface area contributed by atoms with Crippen molar-refractivity contribution in [1.82, 2.24) is 20.1 Å². The average Bonchev–Trinajstić information content (AvgIpc) is 3.11. The summed E-state index contributed by atoms with van der Waals surface area (Å²) in [4.78, 5) is 17.4. The summed E-state index contributed by atoms with van der Waals surface area (Å²) >= 11 is 0. The Morgan fingerprint density at radius 2 is 2.29 bits per heavy atom. The molecule has 1 fully saturated rings. The number of rotatable bonds is 4. The maximum absolute atomic E-state index is 12.9. The van der Waals surface area contributed by atoms with E-state index in [0.29, 0.717) is 5.56 Å². The zero-order valence-corrected chi connectivity index (χ0v) is 14.8. The lowest BCUT2D eigenvalue weighted by Gasteiger charge is -2.30. The summed E-state index contributed by atoms with van der Waals surface area (Å²) in [5.41, 5.74) is 1.91. The van der Waals surface area contributed by atoms with Gasteiger partial charge in [-0.3, -0.25) is 4.79 Å². The van der Waals surface area contributed by atoms with Crippen molar-refractivity contribution in [3.63, 3.8) is 0 Å². The summed E-state index contributed by atoms with van der Waals surface area (Å²) in [7, 11) is 0. The van der Waals surface area contributed by atoms with Crippen LogP contribution in [0.1, 0.15) is 62.1 Å². The van der Waals surface area contributed by atoms with Gasteiger partial charge in [0.25, 0.3) is 5.91 Å². The zero-order valence-electron chi connectivity index (χ0n) is 14.8. The van der Waals surface area contributed by atoms with Crippen LogP contribution in [0.15, 0.2) is 12.3 Å². The first-order valence-corrected chi connectivity index (χ1v) is 8.62. The number of hydrogen-bond donors (Lipinski definition) is 2. The molecule has 1 saturated carbocycles. The van der Waals surface area contributed by atoms with Crippen molar-refractivity contribution in [1.29, 1.82) is 0 Å². The molecule has 2 heterocycles. The molecule has 1 aliphatic carbocycles. The summed E-state index contributed by atoms with van der Waals surface area (Å²) in [6.45, 7) is 8.10. The van der Waals surface area contributed by atoms with Crippen LogP contribution >= 0.6 is 0 Å². The van der Waals surface area contributed by atoms with E-state index < -0.39 is 0 Å². The van der Waals surface area contributed by atoms with E-state index in [1.807, 2.05) is 38.4 Å². The van der Waals surface area contributed by atoms with Gasteiger partial charge in [0.2, 0.25) is 0 Å². The predicted octanol–water partition coefficient (Wildman–Crippen LogP) is 2.60. The van der Waals surface area contributed by atoms with E-state index >= 15 is 0 Å². The molecule has 24 heavy (non-hydrogen) atoms. The van der Waals surface area contributed by atoms with E-state index in [1.54, 1.807) is 6.20 Å².